The first-order valence-corrected chi connectivity index (χ1v) is 20.8. The molecule has 272 valence electrons. The van der Waals surface area contributed by atoms with Crippen LogP contribution in [0.25, 0.3) is 22.3 Å². The second-order valence-electron chi connectivity index (χ2n) is 14.5. The predicted octanol–water partition coefficient (Wildman–Crippen LogP) is 15.5. The van der Waals surface area contributed by atoms with Crippen LogP contribution in [0.3, 0.4) is 0 Å². The third-order valence-electron chi connectivity index (χ3n) is 10.2. The third-order valence-corrected chi connectivity index (χ3v) is 10.2. The van der Waals surface area contributed by atoms with Crippen molar-refractivity contribution >= 4 is 0 Å². The Morgan fingerprint density at radius 1 is 0.408 bits per heavy atom. The van der Waals surface area contributed by atoms with Gasteiger partial charge >= 0.3 is 0 Å². The van der Waals surface area contributed by atoms with E-state index in [0.29, 0.717) is 0 Å². The van der Waals surface area contributed by atoms with Crippen LogP contribution in [-0.4, -0.2) is 13.2 Å². The van der Waals surface area contributed by atoms with Crippen LogP contribution in [0.15, 0.2) is 72.8 Å². The summed E-state index contributed by atoms with van der Waals surface area (Å²) in [5.41, 5.74) is 6.22. The van der Waals surface area contributed by atoms with Crippen molar-refractivity contribution in [3.8, 4) is 28.0 Å². The molecule has 0 spiro atoms. The van der Waals surface area contributed by atoms with Crippen LogP contribution in [0, 0.1) is 0 Å². The van der Waals surface area contributed by atoms with Crippen LogP contribution >= 0.6 is 0 Å². The van der Waals surface area contributed by atoms with E-state index in [9.17, 15) is 0 Å². The molecule has 0 aliphatic heterocycles. The molecule has 0 radical (unpaired) electrons. The average molecular weight is 669 g/mol. The van der Waals surface area contributed by atoms with E-state index >= 15 is 0 Å². The highest BCUT2D eigenvalue weighted by Crippen LogP contribution is 2.34. The molecular formula is C47H72O2. The zero-order chi connectivity index (χ0) is 34.6. The van der Waals surface area contributed by atoms with E-state index in [1.165, 1.54) is 163 Å². The smallest absolute Gasteiger partial charge is 0.119 e. The highest BCUT2D eigenvalue weighted by molar-refractivity contribution is 5.83. The Kier molecular flexibility index (Phi) is 22.7. The van der Waals surface area contributed by atoms with Crippen LogP contribution in [0.2, 0.25) is 0 Å². The number of benzene rings is 3. The number of rotatable bonds is 30. The minimum absolute atomic E-state index is 0.120. The van der Waals surface area contributed by atoms with Gasteiger partial charge in [-0.1, -0.05) is 209 Å². The molecule has 0 aliphatic rings. The van der Waals surface area contributed by atoms with Gasteiger partial charge < -0.3 is 9.47 Å². The maximum Gasteiger partial charge on any atom is 0.119 e. The van der Waals surface area contributed by atoms with Crippen molar-refractivity contribution in [1.29, 1.82) is 0 Å². The molecule has 1 unspecified atom stereocenters. The third kappa shape index (κ3) is 17.8. The molecule has 0 aliphatic carbocycles. The second-order valence-corrected chi connectivity index (χ2v) is 14.5. The highest BCUT2D eigenvalue weighted by atomic mass is 16.5. The van der Waals surface area contributed by atoms with Crippen LogP contribution in [0.5, 0.6) is 5.75 Å². The van der Waals surface area contributed by atoms with Gasteiger partial charge in [-0.2, -0.15) is 0 Å². The van der Waals surface area contributed by atoms with Gasteiger partial charge in [0.2, 0.25) is 0 Å². The van der Waals surface area contributed by atoms with Crippen molar-refractivity contribution in [3.05, 3.63) is 78.4 Å². The molecule has 0 heterocycles. The van der Waals surface area contributed by atoms with Crippen molar-refractivity contribution < 1.29 is 9.47 Å². The maximum atomic E-state index is 6.22. The van der Waals surface area contributed by atoms with Gasteiger partial charge in [0.05, 0.1) is 12.7 Å². The first-order valence-electron chi connectivity index (χ1n) is 20.8. The lowest BCUT2D eigenvalue weighted by Crippen LogP contribution is -2.02. The highest BCUT2D eigenvalue weighted by Gasteiger charge is 2.10. The summed E-state index contributed by atoms with van der Waals surface area (Å²) < 4.78 is 12.3. The van der Waals surface area contributed by atoms with Crippen LogP contribution in [0.1, 0.15) is 180 Å². The van der Waals surface area contributed by atoms with Gasteiger partial charge in [-0.25, -0.2) is 0 Å². The molecule has 0 amide bonds. The minimum atomic E-state index is 0.120. The molecule has 3 aromatic carbocycles. The Balaban J connectivity index is 1.32. The first-order chi connectivity index (χ1) is 24.2. The lowest BCUT2D eigenvalue weighted by Gasteiger charge is -2.15. The fourth-order valence-corrected chi connectivity index (χ4v) is 6.91. The average Bonchev–Trinajstić information content (AvgIpc) is 3.14. The van der Waals surface area contributed by atoms with Crippen molar-refractivity contribution in [2.45, 2.75) is 175 Å². The van der Waals surface area contributed by atoms with Crippen molar-refractivity contribution in [3.63, 3.8) is 0 Å². The number of unbranched alkanes of at least 4 members (excludes halogenated alkanes) is 21. The fraction of sp³-hybridized carbons (Fsp3) is 0.617. The van der Waals surface area contributed by atoms with Crippen LogP contribution in [-0.2, 0) is 4.74 Å². The molecule has 49 heavy (non-hydrogen) atoms. The van der Waals surface area contributed by atoms with Gasteiger partial charge in [-0.3, -0.25) is 0 Å². The molecule has 0 bridgehead atoms. The van der Waals surface area contributed by atoms with E-state index in [2.05, 4.69) is 93.6 Å². The number of ether oxygens (including phenoxy) is 2. The van der Waals surface area contributed by atoms with Gasteiger partial charge in [0, 0.05) is 6.61 Å². The number of hydrogen-bond donors (Lipinski definition) is 0. The molecule has 0 saturated carbocycles. The van der Waals surface area contributed by atoms with Gasteiger partial charge in [0.25, 0.3) is 0 Å². The summed E-state index contributed by atoms with van der Waals surface area (Å²) in [6, 6.07) is 26.4. The normalized spacial score (nSPS) is 12.0. The molecule has 2 nitrogen and oxygen atoms in total. The van der Waals surface area contributed by atoms with E-state index in [1.807, 2.05) is 0 Å². The zero-order valence-electron chi connectivity index (χ0n) is 32.0. The Morgan fingerprint density at radius 2 is 0.776 bits per heavy atom. The van der Waals surface area contributed by atoms with Crippen molar-refractivity contribution in [1.82, 2.24) is 0 Å². The molecule has 3 aromatic rings. The SMILES string of the molecule is CCCCCCCCCCCCCCCOc1ccc(-c2ccccc2-c2ccc(C(C)OCCCCCCCCCCCC)cc2)cc1. The Labute approximate surface area is 302 Å². The summed E-state index contributed by atoms with van der Waals surface area (Å²) in [4.78, 5) is 0. The molecule has 2 heteroatoms. The Morgan fingerprint density at radius 3 is 1.20 bits per heavy atom. The summed E-state index contributed by atoms with van der Waals surface area (Å²) in [6.07, 6.45) is 31.5. The summed E-state index contributed by atoms with van der Waals surface area (Å²) in [6.45, 7) is 8.42. The van der Waals surface area contributed by atoms with E-state index in [1.54, 1.807) is 0 Å². The lowest BCUT2D eigenvalue weighted by atomic mass is 9.94. The molecular weight excluding hydrogens is 597 g/mol. The minimum Gasteiger partial charge on any atom is -0.494 e. The van der Waals surface area contributed by atoms with E-state index in [0.717, 1.165) is 31.8 Å². The lowest BCUT2D eigenvalue weighted by molar-refractivity contribution is 0.0627. The predicted molar refractivity (Wildman–Crippen MR) is 215 cm³/mol. The second kappa shape index (κ2) is 27.2. The zero-order valence-corrected chi connectivity index (χ0v) is 32.0. The molecule has 3 rings (SSSR count). The van der Waals surface area contributed by atoms with E-state index < -0.39 is 0 Å². The molecule has 0 fully saturated rings. The summed E-state index contributed by atoms with van der Waals surface area (Å²) in [7, 11) is 0. The van der Waals surface area contributed by atoms with Crippen molar-refractivity contribution in [2.75, 3.05) is 13.2 Å². The Bertz CT molecular complexity index is 1180. The van der Waals surface area contributed by atoms with Gasteiger partial charge in [-0.15, -0.1) is 0 Å². The van der Waals surface area contributed by atoms with Gasteiger partial charge in [0.1, 0.15) is 5.75 Å². The van der Waals surface area contributed by atoms with E-state index in [4.69, 9.17) is 9.47 Å². The first kappa shape index (κ1) is 40.8. The summed E-state index contributed by atoms with van der Waals surface area (Å²) >= 11 is 0. The standard InChI is InChI=1S/C47H72O2/c1-4-6-8-10-12-14-16-17-18-20-22-24-28-40-49-45-37-35-44(36-38-45)47-30-26-25-29-46(47)43-33-31-42(32-34-43)41(3)48-39-27-23-21-19-15-13-11-9-7-5-2/h25-26,29-38,41H,4-24,27-28,39-40H2,1-3H3. The van der Waals surface area contributed by atoms with Crippen LogP contribution < -0.4 is 4.74 Å². The largest absolute Gasteiger partial charge is 0.494 e. The van der Waals surface area contributed by atoms with Crippen molar-refractivity contribution in [2.24, 2.45) is 0 Å². The molecule has 0 aromatic heterocycles. The maximum absolute atomic E-state index is 6.22. The molecule has 1 atom stereocenters. The molecule has 0 N–H and O–H groups in total. The topological polar surface area (TPSA) is 18.5 Å². The fourth-order valence-electron chi connectivity index (χ4n) is 6.91. The number of hydrogen-bond acceptors (Lipinski definition) is 2. The van der Waals surface area contributed by atoms with E-state index in [-0.39, 0.29) is 6.10 Å². The van der Waals surface area contributed by atoms with Gasteiger partial charge in [-0.05, 0) is 59.7 Å². The summed E-state index contributed by atoms with van der Waals surface area (Å²) in [5, 5.41) is 0. The van der Waals surface area contributed by atoms with Gasteiger partial charge in [0.15, 0.2) is 0 Å². The Hall–Kier alpha value is -2.58. The monoisotopic (exact) mass is 669 g/mol. The summed E-state index contributed by atoms with van der Waals surface area (Å²) in [5.74, 6) is 0.969. The quantitative estimate of drug-likeness (QED) is 0.0658. The van der Waals surface area contributed by atoms with Crippen LogP contribution in [0.4, 0.5) is 0 Å². The molecule has 0 saturated heterocycles.